The van der Waals surface area contributed by atoms with Crippen molar-refractivity contribution in [3.63, 3.8) is 0 Å². The Hall–Kier alpha value is -1.31. The number of carbonyl (C=O) groups is 1. The van der Waals surface area contributed by atoms with E-state index >= 15 is 0 Å². The lowest BCUT2D eigenvalue weighted by molar-refractivity contribution is 0.0696. The second-order valence-electron chi connectivity index (χ2n) is 4.81. The molecule has 0 radical (unpaired) electrons. The SMILES string of the molecule is CC1(C)Cc2ccc(C(=O)O)cc2C1. The van der Waals surface area contributed by atoms with E-state index in [0.29, 0.717) is 11.0 Å². The van der Waals surface area contributed by atoms with Crippen molar-refractivity contribution in [3.05, 3.63) is 34.9 Å². The van der Waals surface area contributed by atoms with Gasteiger partial charge >= 0.3 is 5.97 Å². The number of aromatic carboxylic acids is 1. The molecule has 2 heteroatoms. The third kappa shape index (κ3) is 1.52. The van der Waals surface area contributed by atoms with Gasteiger partial charge in [-0.3, -0.25) is 0 Å². The molecule has 0 heterocycles. The molecule has 0 saturated carbocycles. The average Bonchev–Trinajstić information content (AvgIpc) is 2.36. The molecule has 1 aromatic carbocycles. The van der Waals surface area contributed by atoms with Crippen LogP contribution in [0.2, 0.25) is 0 Å². The molecule has 0 unspecified atom stereocenters. The summed E-state index contributed by atoms with van der Waals surface area (Å²) in [7, 11) is 0. The van der Waals surface area contributed by atoms with Gasteiger partial charge in [-0.25, -0.2) is 4.79 Å². The lowest BCUT2D eigenvalue weighted by atomic mass is 9.90. The number of fused-ring (bicyclic) bond motifs is 1. The fourth-order valence-corrected chi connectivity index (χ4v) is 2.19. The summed E-state index contributed by atoms with van der Waals surface area (Å²) in [6.07, 6.45) is 2.05. The molecule has 1 N–H and O–H groups in total. The van der Waals surface area contributed by atoms with Gasteiger partial charge in [0.2, 0.25) is 0 Å². The lowest BCUT2D eigenvalue weighted by Gasteiger charge is -2.14. The molecule has 14 heavy (non-hydrogen) atoms. The Labute approximate surface area is 83.6 Å². The summed E-state index contributed by atoms with van der Waals surface area (Å²) >= 11 is 0. The van der Waals surface area contributed by atoms with Gasteiger partial charge in [0.1, 0.15) is 0 Å². The molecule has 0 fully saturated rings. The average molecular weight is 190 g/mol. The highest BCUT2D eigenvalue weighted by atomic mass is 16.4. The van der Waals surface area contributed by atoms with Crippen LogP contribution in [0, 0.1) is 5.41 Å². The molecule has 0 bridgehead atoms. The zero-order chi connectivity index (χ0) is 10.3. The molecule has 0 atom stereocenters. The predicted molar refractivity (Wildman–Crippen MR) is 54.6 cm³/mol. The van der Waals surface area contributed by atoms with Crippen LogP contribution in [0.15, 0.2) is 18.2 Å². The monoisotopic (exact) mass is 190 g/mol. The minimum atomic E-state index is -0.836. The van der Waals surface area contributed by atoms with Crippen LogP contribution < -0.4 is 0 Å². The van der Waals surface area contributed by atoms with Gasteiger partial charge in [0.15, 0.2) is 0 Å². The second kappa shape index (κ2) is 2.84. The van der Waals surface area contributed by atoms with Crippen molar-refractivity contribution in [2.75, 3.05) is 0 Å². The van der Waals surface area contributed by atoms with Crippen LogP contribution in [0.3, 0.4) is 0 Å². The van der Waals surface area contributed by atoms with Crippen LogP contribution in [-0.2, 0) is 12.8 Å². The number of hydrogen-bond acceptors (Lipinski definition) is 1. The molecule has 0 spiro atoms. The molecule has 0 amide bonds. The van der Waals surface area contributed by atoms with Gasteiger partial charge in [-0.1, -0.05) is 19.9 Å². The van der Waals surface area contributed by atoms with Crippen molar-refractivity contribution in [3.8, 4) is 0 Å². The highest BCUT2D eigenvalue weighted by Crippen LogP contribution is 2.36. The van der Waals surface area contributed by atoms with E-state index in [1.807, 2.05) is 12.1 Å². The Morgan fingerprint density at radius 3 is 2.57 bits per heavy atom. The van der Waals surface area contributed by atoms with Crippen molar-refractivity contribution >= 4 is 5.97 Å². The molecule has 0 aromatic heterocycles. The molecular weight excluding hydrogens is 176 g/mol. The predicted octanol–water partition coefficient (Wildman–Crippen LogP) is 2.51. The largest absolute Gasteiger partial charge is 0.478 e. The van der Waals surface area contributed by atoms with E-state index in [1.165, 1.54) is 11.1 Å². The number of benzene rings is 1. The van der Waals surface area contributed by atoms with Gasteiger partial charge < -0.3 is 5.11 Å². The van der Waals surface area contributed by atoms with Gasteiger partial charge in [-0.2, -0.15) is 0 Å². The zero-order valence-electron chi connectivity index (χ0n) is 8.50. The summed E-state index contributed by atoms with van der Waals surface area (Å²) in [6, 6.07) is 5.46. The summed E-state index contributed by atoms with van der Waals surface area (Å²) in [4.78, 5) is 10.8. The second-order valence-corrected chi connectivity index (χ2v) is 4.81. The van der Waals surface area contributed by atoms with Crippen molar-refractivity contribution in [2.45, 2.75) is 26.7 Å². The van der Waals surface area contributed by atoms with Crippen LogP contribution >= 0.6 is 0 Å². The van der Waals surface area contributed by atoms with Gasteiger partial charge in [0, 0.05) is 0 Å². The summed E-state index contributed by atoms with van der Waals surface area (Å²) in [6.45, 7) is 4.43. The first-order valence-electron chi connectivity index (χ1n) is 4.83. The summed E-state index contributed by atoms with van der Waals surface area (Å²) in [5.41, 5.74) is 3.20. The highest BCUT2D eigenvalue weighted by Gasteiger charge is 2.28. The summed E-state index contributed by atoms with van der Waals surface area (Å²) in [5, 5.41) is 8.85. The number of carboxylic acids is 1. The molecule has 74 valence electrons. The van der Waals surface area contributed by atoms with E-state index in [0.717, 1.165) is 12.8 Å². The molecule has 1 aliphatic rings. The Kier molecular flexibility index (Phi) is 1.88. The zero-order valence-corrected chi connectivity index (χ0v) is 8.50. The van der Waals surface area contributed by atoms with Crippen LogP contribution in [0.25, 0.3) is 0 Å². The Balaban J connectivity index is 2.40. The maximum Gasteiger partial charge on any atom is 0.335 e. The number of hydrogen-bond donors (Lipinski definition) is 1. The first-order valence-corrected chi connectivity index (χ1v) is 4.83. The molecule has 0 saturated heterocycles. The molecule has 1 aliphatic carbocycles. The minimum absolute atomic E-state index is 0.291. The first-order chi connectivity index (χ1) is 6.48. The van der Waals surface area contributed by atoms with E-state index in [4.69, 9.17) is 5.11 Å². The van der Waals surface area contributed by atoms with Crippen LogP contribution in [0.4, 0.5) is 0 Å². The first kappa shape index (κ1) is 9.25. The maximum atomic E-state index is 10.8. The van der Waals surface area contributed by atoms with Crippen molar-refractivity contribution in [1.82, 2.24) is 0 Å². The fraction of sp³-hybridized carbons (Fsp3) is 0.417. The fourth-order valence-electron chi connectivity index (χ4n) is 2.19. The smallest absolute Gasteiger partial charge is 0.335 e. The summed E-state index contributed by atoms with van der Waals surface area (Å²) < 4.78 is 0. The van der Waals surface area contributed by atoms with E-state index in [1.54, 1.807) is 6.07 Å². The van der Waals surface area contributed by atoms with E-state index in [2.05, 4.69) is 13.8 Å². The molecule has 2 rings (SSSR count). The van der Waals surface area contributed by atoms with E-state index < -0.39 is 5.97 Å². The highest BCUT2D eigenvalue weighted by molar-refractivity contribution is 5.88. The van der Waals surface area contributed by atoms with Gasteiger partial charge in [0.05, 0.1) is 5.56 Å². The van der Waals surface area contributed by atoms with Crippen LogP contribution in [0.5, 0.6) is 0 Å². The minimum Gasteiger partial charge on any atom is -0.478 e. The standard InChI is InChI=1S/C12H14O2/c1-12(2)6-9-4-3-8(11(13)14)5-10(9)7-12/h3-5H,6-7H2,1-2H3,(H,13,14). The third-order valence-electron chi connectivity index (χ3n) is 2.79. The Morgan fingerprint density at radius 2 is 1.93 bits per heavy atom. The maximum absolute atomic E-state index is 10.8. The lowest BCUT2D eigenvalue weighted by Crippen LogP contribution is -2.09. The normalized spacial score (nSPS) is 17.9. The quantitative estimate of drug-likeness (QED) is 0.738. The molecule has 2 nitrogen and oxygen atoms in total. The molecular formula is C12H14O2. The molecule has 0 aliphatic heterocycles. The van der Waals surface area contributed by atoms with Crippen molar-refractivity contribution in [1.29, 1.82) is 0 Å². The third-order valence-corrected chi connectivity index (χ3v) is 2.79. The Bertz CT molecular complexity index is 391. The van der Waals surface area contributed by atoms with Gasteiger partial charge in [-0.05, 0) is 41.5 Å². The molecule has 1 aromatic rings. The number of carboxylic acid groups (broad SMARTS) is 1. The van der Waals surface area contributed by atoms with Gasteiger partial charge in [-0.15, -0.1) is 0 Å². The van der Waals surface area contributed by atoms with E-state index in [-0.39, 0.29) is 0 Å². The Morgan fingerprint density at radius 1 is 1.29 bits per heavy atom. The van der Waals surface area contributed by atoms with Crippen molar-refractivity contribution in [2.24, 2.45) is 5.41 Å². The van der Waals surface area contributed by atoms with Crippen LogP contribution in [-0.4, -0.2) is 11.1 Å². The van der Waals surface area contributed by atoms with E-state index in [9.17, 15) is 4.79 Å². The number of rotatable bonds is 1. The van der Waals surface area contributed by atoms with Crippen molar-refractivity contribution < 1.29 is 9.90 Å². The topological polar surface area (TPSA) is 37.3 Å². The van der Waals surface area contributed by atoms with Gasteiger partial charge in [0.25, 0.3) is 0 Å². The van der Waals surface area contributed by atoms with Crippen LogP contribution in [0.1, 0.15) is 35.3 Å². The summed E-state index contributed by atoms with van der Waals surface area (Å²) in [5.74, 6) is -0.836.